The average molecular weight is 1970 g/mol. The Kier molecular flexibility index (Phi) is 40.3. The second-order valence-electron chi connectivity index (χ2n) is 35.6. The number of ketones is 1. The first-order chi connectivity index (χ1) is 72.3. The number of carbonyl (C=O) groups excluding carboxylic acids is 7. The van der Waals surface area contributed by atoms with E-state index in [0.717, 1.165) is 102 Å². The molecule has 4 fully saturated rings. The molecule has 0 radical (unpaired) electrons. The molecule has 4 saturated carbocycles. The minimum absolute atomic E-state index is 0.0482. The maximum atomic E-state index is 13.8. The highest BCUT2D eigenvalue weighted by Crippen LogP contribution is 2.43. The van der Waals surface area contributed by atoms with Gasteiger partial charge in [0.05, 0.1) is 31.9 Å². The second kappa shape index (κ2) is 57.1. The number of carboxylic acids is 3. The van der Waals surface area contributed by atoms with E-state index in [1.807, 2.05) is 238 Å². The number of ether oxygens (including phenoxy) is 4. The van der Waals surface area contributed by atoms with Gasteiger partial charge < -0.3 is 70.4 Å². The molecule has 8 N–H and O–H groups in total. The zero-order valence-corrected chi connectivity index (χ0v) is 82.3. The number of nitrogens with zero attached hydrogens (tertiary/aromatic N) is 5. The molecule has 6 amide bonds. The number of aliphatic carboxylic acids is 3. The van der Waals surface area contributed by atoms with Gasteiger partial charge >= 0.3 is 17.9 Å². The van der Waals surface area contributed by atoms with Crippen LogP contribution in [0.15, 0.2) is 310 Å². The summed E-state index contributed by atoms with van der Waals surface area (Å²) in [4.78, 5) is 134. The normalized spacial score (nSPS) is 14.3. The second-order valence-corrected chi connectivity index (χ2v) is 35.6. The van der Waals surface area contributed by atoms with Gasteiger partial charge in [-0.2, -0.15) is 0 Å². The van der Waals surface area contributed by atoms with Crippen LogP contribution in [0.4, 0.5) is 0 Å². The summed E-state index contributed by atoms with van der Waals surface area (Å²) in [6.07, 6.45) is 18.6. The van der Waals surface area contributed by atoms with E-state index >= 15 is 0 Å². The van der Waals surface area contributed by atoms with Crippen molar-refractivity contribution in [2.24, 2.45) is 11.5 Å². The lowest BCUT2D eigenvalue weighted by Gasteiger charge is -2.31. The van der Waals surface area contributed by atoms with Crippen molar-refractivity contribution in [2.45, 2.75) is 217 Å². The molecule has 756 valence electrons. The van der Waals surface area contributed by atoms with E-state index in [1.165, 1.54) is 9.80 Å². The summed E-state index contributed by atoms with van der Waals surface area (Å²) in [6.45, 7) is 3.28. The van der Waals surface area contributed by atoms with Crippen LogP contribution in [-0.2, 0) is 41.8 Å². The highest BCUT2D eigenvalue weighted by molar-refractivity contribution is 6.01. The average Bonchev–Trinajstić information content (AvgIpc) is 1.63. The van der Waals surface area contributed by atoms with Crippen molar-refractivity contribution in [3.05, 3.63) is 354 Å². The molecule has 0 aliphatic heterocycles. The highest BCUT2D eigenvalue weighted by atomic mass is 16.5. The molecule has 25 nitrogen and oxygen atoms in total. The number of unbranched alkanes of at least 4 members (excludes halogenated alkanes) is 8. The summed E-state index contributed by atoms with van der Waals surface area (Å²) >= 11 is 0. The number of aliphatic hydroxyl groups is 1. The Bertz CT molecular complexity index is 6190. The Balaban J connectivity index is 0.000000175. The predicted octanol–water partition coefficient (Wildman–Crippen LogP) is 22.7. The maximum Gasteiger partial charge on any atom is 0.303 e. The molecule has 12 aromatic rings. The van der Waals surface area contributed by atoms with Crippen molar-refractivity contribution in [2.75, 3.05) is 33.0 Å². The van der Waals surface area contributed by atoms with Gasteiger partial charge in [0, 0.05) is 120 Å². The number of Topliss-reactive ketones (excluding diaryl/α,β-unsaturated/α-hetero) is 1. The first-order valence-electron chi connectivity index (χ1n) is 52.3. The summed E-state index contributed by atoms with van der Waals surface area (Å²) in [7, 11) is 0. The zero-order chi connectivity index (χ0) is 106. The Morgan fingerprint density at radius 3 is 0.890 bits per heavy atom. The maximum absolute atomic E-state index is 13.8. The third-order valence-corrected chi connectivity index (χ3v) is 24.5. The van der Waals surface area contributed by atoms with Crippen molar-refractivity contribution in [3.8, 4) is 67.5 Å². The molecule has 1 heterocycles. The van der Waals surface area contributed by atoms with E-state index in [2.05, 4.69) is 4.98 Å². The monoisotopic (exact) mass is 1960 g/mol. The highest BCUT2D eigenvalue weighted by Gasteiger charge is 2.44. The number of benzene rings is 11. The number of hydrogen-bond acceptors (Lipinski definition) is 16. The first kappa shape index (κ1) is 103. The van der Waals surface area contributed by atoms with E-state index < -0.39 is 73.2 Å². The molecule has 25 heteroatoms. The van der Waals surface area contributed by atoms with Crippen LogP contribution >= 0.6 is 0 Å². The fourth-order valence-electron chi connectivity index (χ4n) is 16.3. The quantitative estimate of drug-likeness (QED) is 0.0193. The molecule has 0 spiro atoms. The number of amides is 6. The van der Waals surface area contributed by atoms with Crippen LogP contribution in [0.5, 0.6) is 23.0 Å². The minimum Gasteiger partial charge on any atom is -0.493 e. The topological polar surface area (TPSA) is 366 Å². The summed E-state index contributed by atoms with van der Waals surface area (Å²) in [5.41, 5.74) is 23.4. The Morgan fingerprint density at radius 2 is 0.593 bits per heavy atom. The third-order valence-electron chi connectivity index (χ3n) is 24.5. The van der Waals surface area contributed by atoms with E-state index in [4.69, 9.17) is 53.6 Å². The Hall–Kier alpha value is -15.4. The summed E-state index contributed by atoms with van der Waals surface area (Å²) in [5, 5.41) is 35.1. The van der Waals surface area contributed by atoms with Gasteiger partial charge in [-0.15, -0.1) is 0 Å². The van der Waals surface area contributed by atoms with Crippen molar-refractivity contribution in [1.82, 2.24) is 24.6 Å². The number of aliphatic hydroxyl groups excluding tert-OH is 1. The standard InChI is InChI=1S/C31H34N2O5.C30H32N2O5.C29H31NO4.C28H30N2O4.C2H6/c32-30(36)29(27-12-6-7-13-28(27)38-20-8-2-5-11-26(35)21-34)33(25-18-19-25)31(37)24-16-14-23(15-17-24)22-9-3-1-4-10-22;31-29(35)28(25-11-6-7-12-26(25)37-20-8-2-5-13-27(33)34)32(24-18-19-24)30(36)23-16-14-22(15-17-23)21-9-3-1-4-10-21;31-28(32)13-5-2-8-20-34-27-12-7-6-11-25(27)21-30(26-18-19-26)29(33)24-16-14-23(15-17-24)22-9-3-1-4-10-22;31-27(32)10-2-1-5-18-34-26-9-4-3-7-24(26)20-30(25-15-16-25)28(33)22-13-11-21(12-14-22)23-8-6-17-29-19-23;1-2/h1,3-4,6-7,9-10,12-17,25,29,34H,2,5,8,11,18-21H2,(H2,32,36);1,3-4,6-7,9-12,14-17,24,28H,2,5,8,13,18-20H2,(H2,31,35)(H,33,34);1,3-4,6-7,9-12,14-17,26H,2,5,8,13,18-21H2,(H,31,32);3-4,6-9,11-14,17,19,25H,1-2,5,10,15-16,18,20H2,(H,31,32);1-2H3/i29D;28D;21D;20D;. The molecule has 4 aliphatic carbocycles. The molecule has 11 aromatic carbocycles. The van der Waals surface area contributed by atoms with Gasteiger partial charge in [0.2, 0.25) is 11.8 Å². The number of carbonyl (C=O) groups is 10. The molecule has 16 rings (SSSR count). The molecular weight excluding hydrogens is 1830 g/mol. The number of hydrogen-bond donors (Lipinski definition) is 6. The molecule has 4 unspecified atom stereocenters. The van der Waals surface area contributed by atoms with E-state index in [1.54, 1.807) is 95.0 Å². The van der Waals surface area contributed by atoms with Crippen molar-refractivity contribution in [3.63, 3.8) is 0 Å². The van der Waals surface area contributed by atoms with Crippen LogP contribution in [0, 0.1) is 0 Å². The van der Waals surface area contributed by atoms with Gasteiger partial charge in [-0.3, -0.25) is 52.9 Å². The number of primary amides is 2. The lowest BCUT2D eigenvalue weighted by molar-refractivity contribution is -0.138. The molecular formula is C120H133N7O18. The molecule has 0 bridgehead atoms. The molecule has 0 saturated heterocycles. The molecule has 145 heavy (non-hydrogen) atoms. The number of nitrogens with two attached hydrogens (primary N) is 2. The van der Waals surface area contributed by atoms with Gasteiger partial charge in [0.1, 0.15) is 41.6 Å². The lowest BCUT2D eigenvalue weighted by Crippen LogP contribution is -2.43. The van der Waals surface area contributed by atoms with Crippen molar-refractivity contribution >= 4 is 59.1 Å². The van der Waals surface area contributed by atoms with Crippen LogP contribution < -0.4 is 30.4 Å². The number of aromatic nitrogens is 1. The fourth-order valence-corrected chi connectivity index (χ4v) is 16.3. The van der Waals surface area contributed by atoms with Crippen LogP contribution in [-0.4, -0.2) is 161 Å². The van der Waals surface area contributed by atoms with Crippen molar-refractivity contribution in [1.29, 1.82) is 0 Å². The molecule has 4 aliphatic rings. The summed E-state index contributed by atoms with van der Waals surface area (Å²) < 4.78 is 60.5. The van der Waals surface area contributed by atoms with Crippen molar-refractivity contribution < 1.29 is 92.8 Å². The van der Waals surface area contributed by atoms with Crippen LogP contribution in [0.3, 0.4) is 0 Å². The number of pyridine rings is 1. The SMILES string of the molecule is CC.[2H]C(C(N)=O)(c1ccccc1OCCCCCC(=O)CO)N(C(=O)c1ccc(-c2ccccc2)cc1)C1CC1.[2H]C(C(N)=O)(c1ccccc1OCCCCCC(=O)O)N(C(=O)c1ccc(-c2ccccc2)cc1)C1CC1.[2H]C(c1ccccc1OCCCCCC(=O)O)N(C(=O)c1ccc(-c2ccccc2)cc1)C1CC1.[2H]C(c1ccccc1OCCCCCC(=O)O)N(C(=O)c1ccc(-c2cccnc2)cc1)C1CC1. The predicted molar refractivity (Wildman–Crippen MR) is 561 cm³/mol. The van der Waals surface area contributed by atoms with Gasteiger partial charge in [-0.05, 0) is 252 Å². The number of para-hydroxylation sites is 4. The molecule has 4 atom stereocenters. The van der Waals surface area contributed by atoms with Gasteiger partial charge in [0.15, 0.2) is 5.78 Å². The summed E-state index contributed by atoms with van der Waals surface area (Å²) in [6, 6.07) is 86.1. The summed E-state index contributed by atoms with van der Waals surface area (Å²) in [5.74, 6) is -3.88. The third kappa shape index (κ3) is 33.9. The number of carboxylic acid groups (broad SMARTS) is 3. The Morgan fingerprint density at radius 1 is 0.324 bits per heavy atom. The van der Waals surface area contributed by atoms with Gasteiger partial charge in [-0.1, -0.05) is 232 Å². The zero-order valence-electron chi connectivity index (χ0n) is 86.3. The number of rotatable bonds is 51. The lowest BCUT2D eigenvalue weighted by atomic mass is 10.00. The largest absolute Gasteiger partial charge is 0.493 e. The first-order valence-corrected chi connectivity index (χ1v) is 50.2. The van der Waals surface area contributed by atoms with Gasteiger partial charge in [0.25, 0.3) is 23.6 Å². The van der Waals surface area contributed by atoms with Crippen LogP contribution in [0.2, 0.25) is 0 Å². The minimum atomic E-state index is -2.17. The van der Waals surface area contributed by atoms with Crippen LogP contribution in [0.25, 0.3) is 44.5 Å². The fraction of sp³-hybridized carbons (Fsp3) is 0.325. The van der Waals surface area contributed by atoms with E-state index in [9.17, 15) is 50.7 Å². The molecule has 1 aromatic heterocycles. The van der Waals surface area contributed by atoms with Gasteiger partial charge in [-0.25, -0.2) is 0 Å². The Labute approximate surface area is 855 Å². The smallest absolute Gasteiger partial charge is 0.303 e. The van der Waals surface area contributed by atoms with E-state index in [-0.39, 0.29) is 78.8 Å². The van der Waals surface area contributed by atoms with Crippen LogP contribution in [0.1, 0.15) is 249 Å². The van der Waals surface area contributed by atoms with E-state index in [0.29, 0.717) is 153 Å².